The van der Waals surface area contributed by atoms with Crippen LogP contribution in [0.1, 0.15) is 57.1 Å². The first kappa shape index (κ1) is 60.8. The molecule has 3 saturated heterocycles. The Labute approximate surface area is 434 Å². The Bertz CT molecular complexity index is 2170. The van der Waals surface area contributed by atoms with Gasteiger partial charge in [-0.15, -0.1) is 15.3 Å². The number of aliphatic hydroxyl groups excluding tert-OH is 12. The topological polar surface area (TPSA) is 460 Å². The minimum atomic E-state index is -2.69. The second kappa shape index (κ2) is 27.5. The van der Waals surface area contributed by atoms with Crippen molar-refractivity contribution < 1.29 is 104 Å². The summed E-state index contributed by atoms with van der Waals surface area (Å²) in [6, 6.07) is -1.54. The first-order valence-electron chi connectivity index (χ1n) is 24.8. The average Bonchev–Trinajstić information content (AvgIpc) is 4.23. The molecule has 3 fully saturated rings. The van der Waals surface area contributed by atoms with Crippen LogP contribution in [-0.2, 0) is 77.5 Å². The Morgan fingerprint density at radius 1 is 0.711 bits per heavy atom. The van der Waals surface area contributed by atoms with Crippen LogP contribution in [0.4, 0.5) is 0 Å². The van der Waals surface area contributed by atoms with E-state index in [2.05, 4.69) is 36.3 Å². The fourth-order valence-electron chi connectivity index (χ4n) is 9.29. The number of carboxylic acid groups (broad SMARTS) is 1. The van der Waals surface area contributed by atoms with Gasteiger partial charge in [0.05, 0.1) is 121 Å². The molecule has 0 aliphatic carbocycles. The molecule has 3 aliphatic heterocycles. The normalized spacial score (nSPS) is 31.2. The minimum Gasteiger partial charge on any atom is -0.477 e. The van der Waals surface area contributed by atoms with Crippen LogP contribution in [0.2, 0.25) is 0 Å². The number of amides is 1. The largest absolute Gasteiger partial charge is 0.477 e. The Hall–Kier alpha value is -4.40. The van der Waals surface area contributed by atoms with Crippen LogP contribution in [0.15, 0.2) is 18.6 Å². The minimum absolute atomic E-state index is 0.0791. The third kappa shape index (κ3) is 15.0. The number of carbonyl (C=O) groups is 2. The fraction of sp³-hybridized carbons (Fsp3) is 0.818. The van der Waals surface area contributed by atoms with Crippen molar-refractivity contribution in [1.82, 2.24) is 55.2 Å². The Morgan fingerprint density at radius 3 is 1.53 bits per heavy atom. The maximum atomic E-state index is 12.7. The van der Waals surface area contributed by atoms with E-state index in [9.17, 15) is 76.0 Å². The molecule has 32 heteroatoms. The lowest BCUT2D eigenvalue weighted by molar-refractivity contribution is -0.351. The van der Waals surface area contributed by atoms with Crippen LogP contribution in [-0.4, -0.2) is 265 Å². The summed E-state index contributed by atoms with van der Waals surface area (Å²) in [5.74, 6) is -6.26. The van der Waals surface area contributed by atoms with Crippen LogP contribution < -0.4 is 5.32 Å². The highest BCUT2D eigenvalue weighted by Crippen LogP contribution is 2.40. The molecule has 3 aliphatic rings. The van der Waals surface area contributed by atoms with E-state index < -0.39 is 154 Å². The van der Waals surface area contributed by atoms with Crippen molar-refractivity contribution in [2.45, 2.75) is 171 Å². The van der Waals surface area contributed by atoms with Crippen molar-refractivity contribution >= 4 is 11.9 Å². The molecule has 76 heavy (non-hydrogen) atoms. The number of rotatable bonds is 29. The number of ether oxygens (including phenoxy) is 6. The highest BCUT2D eigenvalue weighted by Gasteiger charge is 2.63. The number of aliphatic carboxylic acids is 1. The molecule has 6 heterocycles. The van der Waals surface area contributed by atoms with Crippen molar-refractivity contribution in [3.8, 4) is 0 Å². The molecule has 8 unspecified atom stereocenters. The Kier molecular flexibility index (Phi) is 22.0. The molecule has 0 bridgehead atoms. The van der Waals surface area contributed by atoms with Crippen LogP contribution in [0, 0.1) is 11.8 Å². The van der Waals surface area contributed by atoms with Gasteiger partial charge in [0.15, 0.2) is 12.6 Å². The van der Waals surface area contributed by atoms with Gasteiger partial charge in [-0.2, -0.15) is 0 Å². The van der Waals surface area contributed by atoms with E-state index in [0.29, 0.717) is 44.1 Å². The smallest absolute Gasteiger partial charge is 0.364 e. The SMILES string of the molecule is CC(=O)N[C@@H]1[C@H](O)C[C@](OCc2cn(CCN(CCn3cc(CO[C@@H]4C[C@@H](O)[C@@H](C)C(C(O)C(O)CO)O4)nn3)CCn3cc(CO[C@@H]4C[C@@H](O)[C@@H](C)C(C(O)C(O)CO)O4)nn3)nn2)(C(=O)O)OC1(CO)C(O)CO. The van der Waals surface area contributed by atoms with Crippen molar-refractivity contribution in [3.63, 3.8) is 0 Å². The maximum Gasteiger partial charge on any atom is 0.364 e. The van der Waals surface area contributed by atoms with E-state index in [0.717, 1.165) is 6.92 Å². The summed E-state index contributed by atoms with van der Waals surface area (Å²) < 4.78 is 39.5. The number of hydrogen-bond donors (Lipinski definition) is 14. The summed E-state index contributed by atoms with van der Waals surface area (Å²) in [5, 5.41) is 161. The van der Waals surface area contributed by atoms with Crippen molar-refractivity contribution in [2.24, 2.45) is 11.8 Å². The summed E-state index contributed by atoms with van der Waals surface area (Å²) in [7, 11) is 0. The molecule has 1 amide bonds. The molecule has 3 aromatic rings. The van der Waals surface area contributed by atoms with Crippen molar-refractivity contribution in [1.29, 1.82) is 0 Å². The molecule has 3 aromatic heterocycles. The molecule has 17 atom stereocenters. The van der Waals surface area contributed by atoms with Crippen molar-refractivity contribution in [3.05, 3.63) is 35.7 Å². The highest BCUT2D eigenvalue weighted by atomic mass is 16.7. The molecular weight excluding hydrogens is 1020 g/mol. The molecule has 0 saturated carbocycles. The van der Waals surface area contributed by atoms with Gasteiger partial charge in [0.2, 0.25) is 5.91 Å². The quantitative estimate of drug-likeness (QED) is 0.0307. The highest BCUT2D eigenvalue weighted by molar-refractivity contribution is 5.77. The van der Waals surface area contributed by atoms with E-state index in [1.165, 1.54) is 10.9 Å². The van der Waals surface area contributed by atoms with Gasteiger partial charge in [-0.25, -0.2) is 4.79 Å². The van der Waals surface area contributed by atoms with E-state index in [-0.39, 0.29) is 38.3 Å². The number of carboxylic acids is 1. The second-order valence-electron chi connectivity index (χ2n) is 19.5. The molecule has 14 N–H and O–H groups in total. The first-order chi connectivity index (χ1) is 36.2. The number of carbonyl (C=O) groups excluding carboxylic acids is 1. The Morgan fingerprint density at radius 2 is 1.14 bits per heavy atom. The van der Waals surface area contributed by atoms with E-state index in [1.54, 1.807) is 35.6 Å². The van der Waals surface area contributed by atoms with Gasteiger partial charge in [0.1, 0.15) is 53.2 Å². The van der Waals surface area contributed by atoms with Crippen molar-refractivity contribution in [2.75, 3.05) is 46.1 Å². The average molecular weight is 1090 g/mol. The summed E-state index contributed by atoms with van der Waals surface area (Å²) in [5.41, 5.74) is -1.46. The monoisotopic (exact) mass is 1090 g/mol. The molecule has 430 valence electrons. The van der Waals surface area contributed by atoms with Crippen LogP contribution in [0.5, 0.6) is 0 Å². The fourth-order valence-corrected chi connectivity index (χ4v) is 9.29. The van der Waals surface area contributed by atoms with Gasteiger partial charge >= 0.3 is 5.97 Å². The summed E-state index contributed by atoms with van der Waals surface area (Å²) in [4.78, 5) is 26.8. The third-order valence-corrected chi connectivity index (χ3v) is 14.0. The van der Waals surface area contributed by atoms with Crippen LogP contribution >= 0.6 is 0 Å². The number of hydrogen-bond acceptors (Lipinski definition) is 27. The van der Waals surface area contributed by atoms with Gasteiger partial charge < -0.3 is 100 Å². The lowest BCUT2D eigenvalue weighted by Gasteiger charge is -2.52. The number of aromatic nitrogens is 9. The molecule has 0 aromatic carbocycles. The third-order valence-electron chi connectivity index (χ3n) is 14.0. The number of nitrogens with one attached hydrogen (secondary N) is 1. The maximum absolute atomic E-state index is 12.7. The standard InChI is InChI=1S/C44H73N11O21/c1-23-29(61)10-35(74-39(23)37(67)32(64)16-56)71-19-26-13-53(49-46-26)7-4-52(5-8-54-14-27(47-50-54)20-72-36-11-30(62)24(2)40(75-36)38(68)33(65)17-57)6-9-55-15-28(48-51-55)21-73-44(42(69)70)12-31(63)41(45-25(3)60)43(22-59,76-44)34(66)18-58/h13-15,23-24,29-41,56-59,61-68H,4-12,16-22H2,1-3H3,(H,45,60)(H,69,70)/t23-,24-,29-,30-,31-,32?,33?,34?,35+,36+,37?,38?,39?,40?,41-,43?,44-/m1/s1. The summed E-state index contributed by atoms with van der Waals surface area (Å²) >= 11 is 0. The van der Waals surface area contributed by atoms with Gasteiger partial charge in [-0.05, 0) is 0 Å². The predicted octanol–water partition coefficient (Wildman–Crippen LogP) is -7.48. The number of aliphatic hydroxyl groups is 12. The van der Waals surface area contributed by atoms with Crippen LogP contribution in [0.3, 0.4) is 0 Å². The molecule has 6 rings (SSSR count). The number of nitrogens with zero attached hydrogens (tertiary/aromatic N) is 10. The van der Waals surface area contributed by atoms with E-state index >= 15 is 0 Å². The van der Waals surface area contributed by atoms with E-state index in [1.807, 2.05) is 4.90 Å². The van der Waals surface area contributed by atoms with Gasteiger partial charge in [0, 0.05) is 57.7 Å². The van der Waals surface area contributed by atoms with E-state index in [4.69, 9.17) is 28.4 Å². The molecule has 0 spiro atoms. The first-order valence-corrected chi connectivity index (χ1v) is 24.8. The zero-order valence-corrected chi connectivity index (χ0v) is 42.3. The zero-order valence-electron chi connectivity index (χ0n) is 42.3. The molecule has 32 nitrogen and oxygen atoms in total. The van der Waals surface area contributed by atoms with Crippen LogP contribution in [0.25, 0.3) is 0 Å². The molecular formula is C44H73N11O21. The zero-order chi connectivity index (χ0) is 55.5. The lowest BCUT2D eigenvalue weighted by atomic mass is 9.79. The Balaban J connectivity index is 1.09. The van der Waals surface area contributed by atoms with Gasteiger partial charge in [-0.1, -0.05) is 29.5 Å². The summed E-state index contributed by atoms with van der Waals surface area (Å²) in [6.45, 7) is 2.05. The summed E-state index contributed by atoms with van der Waals surface area (Å²) in [6.07, 6.45) is -11.3. The predicted molar refractivity (Wildman–Crippen MR) is 249 cm³/mol. The van der Waals surface area contributed by atoms with Gasteiger partial charge in [-0.3, -0.25) is 23.7 Å². The molecule has 0 radical (unpaired) electrons. The lowest BCUT2D eigenvalue weighted by Crippen LogP contribution is -2.75. The second-order valence-corrected chi connectivity index (χ2v) is 19.5. The van der Waals surface area contributed by atoms with Gasteiger partial charge in [0.25, 0.3) is 5.79 Å².